The molecule has 1 N–H and O–H groups in total. The van der Waals surface area contributed by atoms with Gasteiger partial charge in [-0.3, -0.25) is 9.59 Å². The molecule has 0 saturated heterocycles. The van der Waals surface area contributed by atoms with Gasteiger partial charge in [-0.15, -0.1) is 0 Å². The summed E-state index contributed by atoms with van der Waals surface area (Å²) in [5.41, 5.74) is 5.39. The summed E-state index contributed by atoms with van der Waals surface area (Å²) >= 11 is 0. The van der Waals surface area contributed by atoms with E-state index in [1.54, 1.807) is 0 Å². The van der Waals surface area contributed by atoms with E-state index in [9.17, 15) is 9.59 Å². The number of aryl methyl sites for hydroxylation is 1. The quantitative estimate of drug-likeness (QED) is 0.849. The van der Waals surface area contributed by atoms with Crippen LogP contribution in [0.2, 0.25) is 0 Å². The van der Waals surface area contributed by atoms with E-state index in [2.05, 4.69) is 24.4 Å². The van der Waals surface area contributed by atoms with Crippen LogP contribution in [0, 0.1) is 6.92 Å². The lowest BCUT2D eigenvalue weighted by Crippen LogP contribution is -2.27. The number of nitrogens with zero attached hydrogens (tertiary/aromatic N) is 1. The van der Waals surface area contributed by atoms with Crippen molar-refractivity contribution in [1.29, 1.82) is 0 Å². The molecule has 23 heavy (non-hydrogen) atoms. The summed E-state index contributed by atoms with van der Waals surface area (Å²) in [4.78, 5) is 23.2. The van der Waals surface area contributed by atoms with Gasteiger partial charge in [0.2, 0.25) is 0 Å². The number of Topliss-reactive ketones (excluding diaryl/α,β-unsaturated/α-hetero) is 1. The summed E-state index contributed by atoms with van der Waals surface area (Å²) in [6, 6.07) is 6.00. The zero-order chi connectivity index (χ0) is 16.8. The summed E-state index contributed by atoms with van der Waals surface area (Å²) in [5, 5.41) is 4.04. The Morgan fingerprint density at radius 1 is 1.35 bits per heavy atom. The summed E-state index contributed by atoms with van der Waals surface area (Å²) in [6.45, 7) is 6.07. The Morgan fingerprint density at radius 2 is 2.13 bits per heavy atom. The van der Waals surface area contributed by atoms with Gasteiger partial charge in [-0.05, 0) is 42.9 Å². The van der Waals surface area contributed by atoms with Crippen LogP contribution in [0.5, 0.6) is 5.75 Å². The van der Waals surface area contributed by atoms with Gasteiger partial charge in [0.05, 0.1) is 0 Å². The van der Waals surface area contributed by atoms with Crippen molar-refractivity contribution in [3.8, 4) is 5.75 Å². The van der Waals surface area contributed by atoms with Gasteiger partial charge in [-0.2, -0.15) is 5.10 Å². The van der Waals surface area contributed by atoms with Crippen molar-refractivity contribution in [2.45, 2.75) is 52.4 Å². The summed E-state index contributed by atoms with van der Waals surface area (Å²) in [5.74, 6) is 0.923. The van der Waals surface area contributed by atoms with Gasteiger partial charge < -0.3 is 4.74 Å². The van der Waals surface area contributed by atoms with Crippen molar-refractivity contribution in [3.63, 3.8) is 0 Å². The monoisotopic (exact) mass is 316 g/mol. The lowest BCUT2D eigenvalue weighted by atomic mass is 9.97. The number of hydrogen-bond donors (Lipinski definition) is 1. The van der Waals surface area contributed by atoms with E-state index in [0.29, 0.717) is 18.8 Å². The molecule has 0 atom stereocenters. The van der Waals surface area contributed by atoms with Crippen molar-refractivity contribution in [2.24, 2.45) is 5.10 Å². The molecule has 0 bridgehead atoms. The smallest absolute Gasteiger partial charge is 0.277 e. The van der Waals surface area contributed by atoms with Crippen molar-refractivity contribution in [1.82, 2.24) is 5.43 Å². The molecule has 1 aromatic carbocycles. The van der Waals surface area contributed by atoms with Gasteiger partial charge in [0.1, 0.15) is 11.5 Å². The molecule has 0 radical (unpaired) electrons. The Labute approximate surface area is 137 Å². The number of carbonyl (C=O) groups is 2. The van der Waals surface area contributed by atoms with E-state index in [1.165, 1.54) is 0 Å². The average Bonchev–Trinajstić information content (AvgIpc) is 2.50. The molecule has 2 rings (SSSR count). The second kappa shape index (κ2) is 7.90. The number of amides is 1. The minimum Gasteiger partial charge on any atom is -0.483 e. The fourth-order valence-electron chi connectivity index (χ4n) is 2.55. The molecule has 1 aliphatic carbocycles. The van der Waals surface area contributed by atoms with Gasteiger partial charge in [-0.1, -0.05) is 26.0 Å². The highest BCUT2D eigenvalue weighted by atomic mass is 16.5. The van der Waals surface area contributed by atoms with Crippen LogP contribution in [-0.4, -0.2) is 24.0 Å². The van der Waals surface area contributed by atoms with Crippen molar-refractivity contribution in [3.05, 3.63) is 29.3 Å². The molecule has 1 saturated carbocycles. The standard InChI is InChI=1S/C18H24N2O3/c1-12(2)16-8-7-13(3)9-17(16)23-11-18(22)20-19-14-5-4-6-15(21)10-14/h7-9,12H,4-6,10-11H2,1-3H3,(H,20,22)/b19-14-. The number of ketones is 1. The Balaban J connectivity index is 1.90. The van der Waals surface area contributed by atoms with Gasteiger partial charge >= 0.3 is 0 Å². The molecule has 1 aromatic rings. The minimum absolute atomic E-state index is 0.0894. The van der Waals surface area contributed by atoms with Crippen LogP contribution < -0.4 is 10.2 Å². The first-order valence-corrected chi connectivity index (χ1v) is 8.05. The SMILES string of the molecule is Cc1ccc(C(C)C)c(OCC(=O)N/N=C2/CCCC(=O)C2)c1. The molecule has 1 aliphatic rings. The highest BCUT2D eigenvalue weighted by molar-refractivity contribution is 6.04. The maximum absolute atomic E-state index is 11.9. The zero-order valence-electron chi connectivity index (χ0n) is 14.0. The maximum atomic E-state index is 11.9. The Morgan fingerprint density at radius 3 is 2.83 bits per heavy atom. The Bertz CT molecular complexity index is 621. The zero-order valence-corrected chi connectivity index (χ0v) is 14.0. The first kappa shape index (κ1) is 17.2. The predicted molar refractivity (Wildman–Crippen MR) is 89.8 cm³/mol. The topological polar surface area (TPSA) is 67.8 Å². The second-order valence-corrected chi connectivity index (χ2v) is 6.27. The van der Waals surface area contributed by atoms with E-state index in [4.69, 9.17) is 4.74 Å². The molecule has 1 amide bonds. The van der Waals surface area contributed by atoms with Gasteiger partial charge in [0, 0.05) is 18.6 Å². The summed E-state index contributed by atoms with van der Waals surface area (Å²) in [7, 11) is 0. The third-order valence-electron chi connectivity index (χ3n) is 3.81. The van der Waals surface area contributed by atoms with E-state index >= 15 is 0 Å². The minimum atomic E-state index is -0.313. The molecular formula is C18H24N2O3. The van der Waals surface area contributed by atoms with E-state index < -0.39 is 0 Å². The van der Waals surface area contributed by atoms with E-state index in [1.807, 2.05) is 25.1 Å². The molecule has 0 aromatic heterocycles. The largest absolute Gasteiger partial charge is 0.483 e. The lowest BCUT2D eigenvalue weighted by molar-refractivity contribution is -0.123. The average molecular weight is 316 g/mol. The first-order chi connectivity index (χ1) is 11.0. The first-order valence-electron chi connectivity index (χ1n) is 8.05. The molecule has 5 heteroatoms. The van der Waals surface area contributed by atoms with E-state index in [0.717, 1.165) is 35.4 Å². The number of rotatable bonds is 5. The highest BCUT2D eigenvalue weighted by Gasteiger charge is 2.15. The predicted octanol–water partition coefficient (Wildman–Crippen LogP) is 3.11. The number of hydrazone groups is 1. The van der Waals surface area contributed by atoms with Crippen LogP contribution in [0.1, 0.15) is 56.6 Å². The fourth-order valence-corrected chi connectivity index (χ4v) is 2.55. The third-order valence-corrected chi connectivity index (χ3v) is 3.81. The number of carbonyl (C=O) groups excluding carboxylic acids is 2. The Hall–Kier alpha value is -2.17. The molecular weight excluding hydrogens is 292 g/mol. The van der Waals surface area contributed by atoms with Crippen LogP contribution in [0.15, 0.2) is 23.3 Å². The molecule has 0 heterocycles. The number of benzene rings is 1. The molecule has 0 aliphatic heterocycles. The van der Waals surface area contributed by atoms with Crippen LogP contribution in [0.4, 0.5) is 0 Å². The molecule has 124 valence electrons. The maximum Gasteiger partial charge on any atom is 0.277 e. The van der Waals surface area contributed by atoms with Crippen molar-refractivity contribution < 1.29 is 14.3 Å². The number of hydrogen-bond acceptors (Lipinski definition) is 4. The van der Waals surface area contributed by atoms with Gasteiger partial charge in [0.15, 0.2) is 6.61 Å². The van der Waals surface area contributed by atoms with Gasteiger partial charge in [0.25, 0.3) is 5.91 Å². The molecule has 5 nitrogen and oxygen atoms in total. The fraction of sp³-hybridized carbons (Fsp3) is 0.500. The number of nitrogens with one attached hydrogen (secondary N) is 1. The number of ether oxygens (including phenoxy) is 1. The molecule has 0 unspecified atom stereocenters. The van der Waals surface area contributed by atoms with Crippen LogP contribution in [0.25, 0.3) is 0 Å². The Kier molecular flexibility index (Phi) is 5.90. The van der Waals surface area contributed by atoms with Crippen LogP contribution in [-0.2, 0) is 9.59 Å². The third kappa shape index (κ3) is 5.20. The lowest BCUT2D eigenvalue weighted by Gasteiger charge is -2.15. The van der Waals surface area contributed by atoms with Crippen LogP contribution in [0.3, 0.4) is 0 Å². The summed E-state index contributed by atoms with van der Waals surface area (Å²) in [6.07, 6.45) is 2.53. The van der Waals surface area contributed by atoms with Crippen molar-refractivity contribution in [2.75, 3.05) is 6.61 Å². The van der Waals surface area contributed by atoms with Crippen molar-refractivity contribution >= 4 is 17.4 Å². The highest BCUT2D eigenvalue weighted by Crippen LogP contribution is 2.27. The van der Waals surface area contributed by atoms with E-state index in [-0.39, 0.29) is 18.3 Å². The molecule has 1 fully saturated rings. The normalized spacial score (nSPS) is 16.7. The second-order valence-electron chi connectivity index (χ2n) is 6.27. The van der Waals surface area contributed by atoms with Gasteiger partial charge in [-0.25, -0.2) is 5.43 Å². The van der Waals surface area contributed by atoms with Crippen LogP contribution >= 0.6 is 0 Å². The molecule has 0 spiro atoms. The summed E-state index contributed by atoms with van der Waals surface area (Å²) < 4.78 is 5.65.